The molecule has 0 spiro atoms. The number of carboxylic acid groups (broad SMARTS) is 1. The molecule has 7 heteroatoms. The zero-order valence-corrected chi connectivity index (χ0v) is 18.0. The quantitative estimate of drug-likeness (QED) is 0.383. The number of carboxylic acids is 1. The second kappa shape index (κ2) is 8.46. The number of nitrogens with one attached hydrogen (secondary N) is 1. The van der Waals surface area contributed by atoms with Crippen LogP contribution in [0.5, 0.6) is 0 Å². The van der Waals surface area contributed by atoms with Crippen LogP contribution in [-0.2, 0) is 6.54 Å². The maximum absolute atomic E-state index is 13.0. The summed E-state index contributed by atoms with van der Waals surface area (Å²) in [5.41, 5.74) is 3.91. The van der Waals surface area contributed by atoms with Crippen LogP contribution < -0.4 is 0 Å². The van der Waals surface area contributed by atoms with Gasteiger partial charge in [-0.05, 0) is 47.0 Å². The maximum atomic E-state index is 13.0. The lowest BCUT2D eigenvalue weighted by molar-refractivity contribution is 0.0696. The van der Waals surface area contributed by atoms with Gasteiger partial charge in [-0.3, -0.25) is 4.79 Å². The fourth-order valence-electron chi connectivity index (χ4n) is 3.54. The van der Waals surface area contributed by atoms with E-state index in [-0.39, 0.29) is 16.5 Å². The molecule has 0 aliphatic heterocycles. The van der Waals surface area contributed by atoms with E-state index < -0.39 is 5.97 Å². The van der Waals surface area contributed by atoms with E-state index in [1.54, 1.807) is 42.3 Å². The molecule has 0 bridgehead atoms. The molecule has 5 nitrogen and oxygen atoms in total. The van der Waals surface area contributed by atoms with E-state index in [0.29, 0.717) is 17.3 Å². The van der Waals surface area contributed by atoms with Crippen molar-refractivity contribution in [2.75, 3.05) is 7.05 Å². The van der Waals surface area contributed by atoms with Crippen LogP contribution in [0.25, 0.3) is 22.0 Å². The van der Waals surface area contributed by atoms with Crippen LogP contribution in [-0.4, -0.2) is 33.9 Å². The number of carbonyl (C=O) groups is 2. The Morgan fingerprint density at radius 3 is 2.52 bits per heavy atom. The van der Waals surface area contributed by atoms with Crippen LogP contribution in [0.1, 0.15) is 26.4 Å². The van der Waals surface area contributed by atoms with Crippen LogP contribution in [0.15, 0.2) is 66.7 Å². The molecular weight excluding hydrogens is 435 g/mol. The predicted octanol–water partition coefficient (Wildman–Crippen LogP) is 6.11. The first kappa shape index (κ1) is 21.0. The summed E-state index contributed by atoms with van der Waals surface area (Å²) in [6.07, 6.45) is 0. The lowest BCUT2D eigenvalue weighted by Gasteiger charge is -2.19. The van der Waals surface area contributed by atoms with E-state index in [0.717, 1.165) is 27.6 Å². The van der Waals surface area contributed by atoms with Crippen molar-refractivity contribution in [1.82, 2.24) is 9.88 Å². The normalized spacial score (nSPS) is 10.9. The number of amides is 1. The van der Waals surface area contributed by atoms with Gasteiger partial charge in [0.15, 0.2) is 0 Å². The summed E-state index contributed by atoms with van der Waals surface area (Å²) < 4.78 is 0. The lowest BCUT2D eigenvalue weighted by atomic mass is 9.98. The molecule has 0 aliphatic carbocycles. The standard InChI is InChI=1S/C24H18Cl2N2O3/c1-28(23(29)22-11-15-6-8-17(25)12-21(15)27-22)13-16-4-2-3-5-18(16)14-7-9-19(24(30)31)20(26)10-14/h2-12,27H,13H2,1H3,(H,30,31). The van der Waals surface area contributed by atoms with Crippen molar-refractivity contribution in [2.45, 2.75) is 6.54 Å². The van der Waals surface area contributed by atoms with Gasteiger partial charge < -0.3 is 15.0 Å². The van der Waals surface area contributed by atoms with Gasteiger partial charge in [0, 0.05) is 29.5 Å². The van der Waals surface area contributed by atoms with E-state index in [1.807, 2.05) is 30.3 Å². The summed E-state index contributed by atoms with van der Waals surface area (Å²) in [5, 5.41) is 10.9. The third-order valence-electron chi connectivity index (χ3n) is 5.10. The molecule has 0 aliphatic rings. The van der Waals surface area contributed by atoms with Crippen molar-refractivity contribution >= 4 is 46.0 Å². The fourth-order valence-corrected chi connectivity index (χ4v) is 3.98. The summed E-state index contributed by atoms with van der Waals surface area (Å²) in [5.74, 6) is -1.23. The van der Waals surface area contributed by atoms with E-state index >= 15 is 0 Å². The van der Waals surface area contributed by atoms with Crippen molar-refractivity contribution in [2.24, 2.45) is 0 Å². The lowest BCUT2D eigenvalue weighted by Crippen LogP contribution is -2.26. The van der Waals surface area contributed by atoms with Gasteiger partial charge in [-0.25, -0.2) is 4.79 Å². The fraction of sp³-hybridized carbons (Fsp3) is 0.0833. The number of carbonyl (C=O) groups excluding carboxylic acids is 1. The highest BCUT2D eigenvalue weighted by Gasteiger charge is 2.17. The maximum Gasteiger partial charge on any atom is 0.337 e. The van der Waals surface area contributed by atoms with Gasteiger partial charge in [0.1, 0.15) is 5.69 Å². The minimum absolute atomic E-state index is 0.0501. The Labute approximate surface area is 188 Å². The van der Waals surface area contributed by atoms with Crippen LogP contribution in [0.3, 0.4) is 0 Å². The van der Waals surface area contributed by atoms with Crippen molar-refractivity contribution in [1.29, 1.82) is 0 Å². The number of nitrogens with zero attached hydrogens (tertiary/aromatic N) is 1. The van der Waals surface area contributed by atoms with Gasteiger partial charge in [-0.1, -0.05) is 59.6 Å². The predicted molar refractivity (Wildman–Crippen MR) is 123 cm³/mol. The summed E-state index contributed by atoms with van der Waals surface area (Å²) in [4.78, 5) is 29.0. The average molecular weight is 453 g/mol. The number of rotatable bonds is 5. The number of halogens is 2. The number of aromatic nitrogens is 1. The van der Waals surface area contributed by atoms with Crippen LogP contribution in [0.2, 0.25) is 10.0 Å². The first-order valence-corrected chi connectivity index (χ1v) is 10.2. The first-order chi connectivity index (χ1) is 14.8. The molecular formula is C24H18Cl2N2O3. The molecule has 0 atom stereocenters. The molecule has 31 heavy (non-hydrogen) atoms. The van der Waals surface area contributed by atoms with E-state index in [9.17, 15) is 14.7 Å². The van der Waals surface area contributed by atoms with E-state index in [4.69, 9.17) is 23.2 Å². The highest BCUT2D eigenvalue weighted by Crippen LogP contribution is 2.29. The van der Waals surface area contributed by atoms with Crippen molar-refractivity contribution < 1.29 is 14.7 Å². The molecule has 156 valence electrons. The smallest absolute Gasteiger partial charge is 0.337 e. The number of fused-ring (bicyclic) bond motifs is 1. The number of hydrogen-bond acceptors (Lipinski definition) is 2. The van der Waals surface area contributed by atoms with Gasteiger partial charge in [0.2, 0.25) is 0 Å². The van der Waals surface area contributed by atoms with Crippen LogP contribution in [0, 0.1) is 0 Å². The van der Waals surface area contributed by atoms with E-state index in [1.165, 1.54) is 6.07 Å². The average Bonchev–Trinajstić information content (AvgIpc) is 3.16. The number of benzene rings is 3. The second-order valence-electron chi connectivity index (χ2n) is 7.23. The number of hydrogen-bond donors (Lipinski definition) is 2. The third kappa shape index (κ3) is 4.29. The first-order valence-electron chi connectivity index (χ1n) is 9.48. The van der Waals surface area contributed by atoms with Crippen LogP contribution in [0.4, 0.5) is 0 Å². The molecule has 1 aromatic heterocycles. The largest absolute Gasteiger partial charge is 0.478 e. The molecule has 3 aromatic carbocycles. The molecule has 0 saturated carbocycles. The van der Waals surface area contributed by atoms with Gasteiger partial charge in [0.25, 0.3) is 5.91 Å². The number of aromatic amines is 1. The third-order valence-corrected chi connectivity index (χ3v) is 5.64. The van der Waals surface area contributed by atoms with Gasteiger partial charge in [-0.15, -0.1) is 0 Å². The molecule has 0 saturated heterocycles. The minimum Gasteiger partial charge on any atom is -0.478 e. The zero-order valence-electron chi connectivity index (χ0n) is 16.5. The Kier molecular flexibility index (Phi) is 5.72. The van der Waals surface area contributed by atoms with E-state index in [2.05, 4.69) is 4.98 Å². The summed E-state index contributed by atoms with van der Waals surface area (Å²) in [7, 11) is 1.73. The SMILES string of the molecule is CN(Cc1ccccc1-c1ccc(C(=O)O)c(Cl)c1)C(=O)c1cc2ccc(Cl)cc2[nH]1. The summed E-state index contributed by atoms with van der Waals surface area (Å²) >= 11 is 12.2. The second-order valence-corrected chi connectivity index (χ2v) is 8.08. The van der Waals surface area contributed by atoms with Gasteiger partial charge in [0.05, 0.1) is 10.6 Å². The molecule has 1 amide bonds. The Balaban J connectivity index is 1.61. The molecule has 4 aromatic rings. The molecule has 4 rings (SSSR count). The number of H-pyrrole nitrogens is 1. The summed E-state index contributed by atoms with van der Waals surface area (Å²) in [6, 6.07) is 19.7. The van der Waals surface area contributed by atoms with Crippen molar-refractivity contribution in [3.05, 3.63) is 93.6 Å². The molecule has 1 heterocycles. The molecule has 2 N–H and O–H groups in total. The summed E-state index contributed by atoms with van der Waals surface area (Å²) in [6.45, 7) is 0.365. The Bertz CT molecular complexity index is 1310. The topological polar surface area (TPSA) is 73.4 Å². The zero-order chi connectivity index (χ0) is 22.1. The number of aromatic carboxylic acids is 1. The highest BCUT2D eigenvalue weighted by molar-refractivity contribution is 6.33. The van der Waals surface area contributed by atoms with Crippen LogP contribution >= 0.6 is 23.2 Å². The van der Waals surface area contributed by atoms with Gasteiger partial charge in [-0.2, -0.15) is 0 Å². The van der Waals surface area contributed by atoms with Crippen molar-refractivity contribution in [3.8, 4) is 11.1 Å². The highest BCUT2D eigenvalue weighted by atomic mass is 35.5. The molecule has 0 unspecified atom stereocenters. The Morgan fingerprint density at radius 1 is 1.00 bits per heavy atom. The monoisotopic (exact) mass is 452 g/mol. The van der Waals surface area contributed by atoms with Gasteiger partial charge >= 0.3 is 5.97 Å². The minimum atomic E-state index is -1.07. The Hall–Kier alpha value is -3.28. The van der Waals surface area contributed by atoms with Crippen molar-refractivity contribution in [3.63, 3.8) is 0 Å². The molecule has 0 fully saturated rings. The Morgan fingerprint density at radius 2 is 1.77 bits per heavy atom. The molecule has 0 radical (unpaired) electrons.